The summed E-state index contributed by atoms with van der Waals surface area (Å²) in [5, 5.41) is 8.26. The van der Waals surface area contributed by atoms with E-state index in [1.165, 1.54) is 0 Å². The highest BCUT2D eigenvalue weighted by molar-refractivity contribution is 6.31. The van der Waals surface area contributed by atoms with Gasteiger partial charge in [-0.1, -0.05) is 11.6 Å². The molecule has 0 radical (unpaired) electrons. The van der Waals surface area contributed by atoms with Gasteiger partial charge in [0, 0.05) is 18.8 Å². The van der Waals surface area contributed by atoms with Crippen LogP contribution < -0.4 is 5.32 Å². The lowest BCUT2D eigenvalue weighted by Crippen LogP contribution is -2.40. The first-order chi connectivity index (χ1) is 9.10. The minimum atomic E-state index is -0.254. The van der Waals surface area contributed by atoms with Crippen molar-refractivity contribution in [2.24, 2.45) is 0 Å². The highest BCUT2D eigenvalue weighted by Gasteiger charge is 2.29. The van der Waals surface area contributed by atoms with Gasteiger partial charge in [0.2, 0.25) is 0 Å². The van der Waals surface area contributed by atoms with E-state index in [-0.39, 0.29) is 12.0 Å². The third-order valence-corrected chi connectivity index (χ3v) is 3.49. The van der Waals surface area contributed by atoms with Crippen molar-refractivity contribution in [2.75, 3.05) is 6.61 Å². The van der Waals surface area contributed by atoms with E-state index in [9.17, 15) is 4.79 Å². The van der Waals surface area contributed by atoms with Gasteiger partial charge >= 0.3 is 5.97 Å². The quantitative estimate of drug-likeness (QED) is 0.778. The van der Waals surface area contributed by atoms with Crippen molar-refractivity contribution in [2.45, 2.75) is 51.7 Å². The number of nitrogens with one attached hydrogen (secondary N) is 1. The van der Waals surface area contributed by atoms with Crippen LogP contribution in [0.15, 0.2) is 6.20 Å². The van der Waals surface area contributed by atoms with Crippen molar-refractivity contribution >= 4 is 17.6 Å². The minimum absolute atomic E-state index is 0.177. The number of ether oxygens (including phenoxy) is 1. The van der Waals surface area contributed by atoms with Crippen molar-refractivity contribution in [1.82, 2.24) is 15.1 Å². The number of nitrogens with zero attached hydrogens (tertiary/aromatic N) is 2. The molecule has 2 rings (SSSR count). The van der Waals surface area contributed by atoms with Gasteiger partial charge in [0.25, 0.3) is 0 Å². The summed E-state index contributed by atoms with van der Waals surface area (Å²) in [4.78, 5) is 11.9. The first-order valence-electron chi connectivity index (χ1n) is 6.72. The van der Waals surface area contributed by atoms with Crippen LogP contribution in [0.25, 0.3) is 0 Å². The molecule has 1 aromatic heterocycles. The Bertz CT molecular complexity index is 424. The molecule has 1 aliphatic carbocycles. The van der Waals surface area contributed by atoms with Crippen LogP contribution in [0.1, 0.15) is 31.9 Å². The Hall–Kier alpha value is -1.07. The zero-order valence-electron chi connectivity index (χ0n) is 11.4. The van der Waals surface area contributed by atoms with E-state index < -0.39 is 0 Å². The maximum absolute atomic E-state index is 11.9. The summed E-state index contributed by atoms with van der Waals surface area (Å²) in [5.74, 6) is -0.177. The molecule has 1 unspecified atom stereocenters. The maximum Gasteiger partial charge on any atom is 0.323 e. The summed E-state index contributed by atoms with van der Waals surface area (Å²) < 4.78 is 6.87. The first kappa shape index (κ1) is 14.3. The molecule has 1 saturated carbocycles. The Balaban J connectivity index is 1.89. The molecule has 0 aliphatic heterocycles. The predicted octanol–water partition coefficient (Wildman–Crippen LogP) is 1.92. The van der Waals surface area contributed by atoms with Gasteiger partial charge < -0.3 is 10.1 Å². The Kier molecular flexibility index (Phi) is 4.82. The number of rotatable bonds is 7. The zero-order valence-corrected chi connectivity index (χ0v) is 12.1. The van der Waals surface area contributed by atoms with Gasteiger partial charge in [-0.25, -0.2) is 0 Å². The van der Waals surface area contributed by atoms with Crippen molar-refractivity contribution in [3.8, 4) is 0 Å². The SMILES string of the molecule is CCOC(=O)C(CCn1cc(Cl)c(C)n1)NC1CC1. The highest BCUT2D eigenvalue weighted by atomic mass is 35.5. The van der Waals surface area contributed by atoms with Crippen LogP contribution >= 0.6 is 11.6 Å². The lowest BCUT2D eigenvalue weighted by molar-refractivity contribution is -0.146. The average molecular weight is 286 g/mol. The first-order valence-corrected chi connectivity index (χ1v) is 7.10. The summed E-state index contributed by atoms with van der Waals surface area (Å²) in [6, 6.07) is 0.216. The Morgan fingerprint density at radius 3 is 2.95 bits per heavy atom. The number of aromatic nitrogens is 2. The second kappa shape index (κ2) is 6.39. The summed E-state index contributed by atoms with van der Waals surface area (Å²) in [6.45, 7) is 4.75. The lowest BCUT2D eigenvalue weighted by Gasteiger charge is -2.16. The standard InChI is InChI=1S/C13H20ClN3O2/c1-3-19-13(18)12(15-10-4-5-10)6-7-17-8-11(14)9(2)16-17/h8,10,12,15H,3-7H2,1-2H3. The number of halogens is 1. The monoisotopic (exact) mass is 285 g/mol. The molecule has 1 N–H and O–H groups in total. The molecule has 1 heterocycles. The fourth-order valence-electron chi connectivity index (χ4n) is 1.92. The molecule has 0 saturated heterocycles. The number of aryl methyl sites for hydroxylation is 2. The predicted molar refractivity (Wildman–Crippen MR) is 73.2 cm³/mol. The number of carbonyl (C=O) groups is 1. The molecule has 6 heteroatoms. The summed E-state index contributed by atoms with van der Waals surface area (Å²) >= 11 is 5.96. The van der Waals surface area contributed by atoms with Crippen molar-refractivity contribution < 1.29 is 9.53 Å². The minimum Gasteiger partial charge on any atom is -0.465 e. The molecule has 5 nitrogen and oxygen atoms in total. The van der Waals surface area contributed by atoms with Crippen molar-refractivity contribution in [3.05, 3.63) is 16.9 Å². The van der Waals surface area contributed by atoms with E-state index in [0.717, 1.165) is 18.5 Å². The van der Waals surface area contributed by atoms with Crippen LogP contribution in [0.3, 0.4) is 0 Å². The Labute approximate surface area is 118 Å². The number of hydrogen-bond donors (Lipinski definition) is 1. The van der Waals surface area contributed by atoms with Crippen LogP contribution in [-0.2, 0) is 16.1 Å². The second-order valence-corrected chi connectivity index (χ2v) is 5.27. The molecule has 1 atom stereocenters. The largest absolute Gasteiger partial charge is 0.465 e. The van der Waals surface area contributed by atoms with E-state index in [2.05, 4.69) is 10.4 Å². The average Bonchev–Trinajstić information content (AvgIpc) is 3.12. The van der Waals surface area contributed by atoms with Crippen LogP contribution in [0.5, 0.6) is 0 Å². The van der Waals surface area contributed by atoms with Crippen LogP contribution in [0.4, 0.5) is 0 Å². The van der Waals surface area contributed by atoms with Crippen LogP contribution in [0, 0.1) is 6.92 Å². The zero-order chi connectivity index (χ0) is 13.8. The molecule has 0 aromatic carbocycles. The molecule has 1 aromatic rings. The number of carbonyl (C=O) groups excluding carboxylic acids is 1. The van der Waals surface area contributed by atoms with E-state index >= 15 is 0 Å². The van der Waals surface area contributed by atoms with E-state index in [1.807, 2.05) is 13.8 Å². The normalized spacial score (nSPS) is 16.4. The third kappa shape index (κ3) is 4.21. The molecule has 0 spiro atoms. The Morgan fingerprint density at radius 1 is 1.68 bits per heavy atom. The van der Waals surface area contributed by atoms with Gasteiger partial charge in [0.05, 0.1) is 17.3 Å². The highest BCUT2D eigenvalue weighted by Crippen LogP contribution is 2.20. The summed E-state index contributed by atoms with van der Waals surface area (Å²) in [5.41, 5.74) is 0.810. The molecule has 106 valence electrons. The van der Waals surface area contributed by atoms with Crippen LogP contribution in [-0.4, -0.2) is 34.4 Å². The third-order valence-electron chi connectivity index (χ3n) is 3.12. The van der Waals surface area contributed by atoms with Gasteiger partial charge in [0.1, 0.15) is 6.04 Å². The Morgan fingerprint density at radius 2 is 2.42 bits per heavy atom. The van der Waals surface area contributed by atoms with Gasteiger partial charge in [-0.05, 0) is 33.1 Å². The molecule has 0 amide bonds. The van der Waals surface area contributed by atoms with E-state index in [4.69, 9.17) is 16.3 Å². The fourth-order valence-corrected chi connectivity index (χ4v) is 2.07. The van der Waals surface area contributed by atoms with E-state index in [0.29, 0.717) is 30.6 Å². The van der Waals surface area contributed by atoms with E-state index in [1.54, 1.807) is 10.9 Å². The lowest BCUT2D eigenvalue weighted by atomic mass is 10.2. The van der Waals surface area contributed by atoms with Gasteiger partial charge in [0.15, 0.2) is 0 Å². The summed E-state index contributed by atoms with van der Waals surface area (Å²) in [7, 11) is 0. The molecule has 0 bridgehead atoms. The smallest absolute Gasteiger partial charge is 0.323 e. The molecule has 1 fully saturated rings. The van der Waals surface area contributed by atoms with Crippen molar-refractivity contribution in [1.29, 1.82) is 0 Å². The van der Waals surface area contributed by atoms with Gasteiger partial charge in [-0.3, -0.25) is 9.48 Å². The fraction of sp³-hybridized carbons (Fsp3) is 0.692. The van der Waals surface area contributed by atoms with Crippen LogP contribution in [0.2, 0.25) is 5.02 Å². The van der Waals surface area contributed by atoms with Gasteiger partial charge in [-0.15, -0.1) is 0 Å². The molecular weight excluding hydrogens is 266 g/mol. The molecule has 1 aliphatic rings. The second-order valence-electron chi connectivity index (χ2n) is 4.86. The number of hydrogen-bond acceptors (Lipinski definition) is 4. The van der Waals surface area contributed by atoms with Crippen molar-refractivity contribution in [3.63, 3.8) is 0 Å². The number of esters is 1. The summed E-state index contributed by atoms with van der Waals surface area (Å²) in [6.07, 6.45) is 4.73. The topological polar surface area (TPSA) is 56.2 Å². The molecular formula is C13H20ClN3O2. The van der Waals surface area contributed by atoms with Gasteiger partial charge in [-0.2, -0.15) is 5.10 Å². The molecule has 19 heavy (non-hydrogen) atoms. The maximum atomic E-state index is 11.9.